The number of aryl methyl sites for hydroxylation is 2. The Labute approximate surface area is 225 Å². The van der Waals surface area contributed by atoms with E-state index >= 15 is 0 Å². The van der Waals surface area contributed by atoms with Gasteiger partial charge >= 0.3 is 0 Å². The third-order valence-corrected chi connectivity index (χ3v) is 6.94. The highest BCUT2D eigenvalue weighted by Gasteiger charge is 2.26. The minimum Gasteiger partial charge on any atom is -0.390 e. The van der Waals surface area contributed by atoms with E-state index in [-0.39, 0.29) is 32.2 Å². The number of amides is 1. The molecule has 1 aliphatic rings. The Hall–Kier alpha value is -2.39. The topological polar surface area (TPSA) is 79.8 Å². The maximum Gasteiger partial charge on any atom is 0.246 e. The summed E-state index contributed by atoms with van der Waals surface area (Å²) in [6, 6.07) is 9.16. The predicted octanol–water partition coefficient (Wildman–Crippen LogP) is 4.42. The first-order valence-corrected chi connectivity index (χ1v) is 13.8. The number of carbonyl (C=O) groups is 1. The molecule has 210 valence electrons. The van der Waals surface area contributed by atoms with Crippen LogP contribution in [0.4, 0.5) is 8.78 Å². The first kappa shape index (κ1) is 30.2. The number of rotatable bonds is 16. The van der Waals surface area contributed by atoms with Crippen molar-refractivity contribution in [1.82, 2.24) is 10.6 Å². The van der Waals surface area contributed by atoms with Gasteiger partial charge < -0.3 is 25.2 Å². The summed E-state index contributed by atoms with van der Waals surface area (Å²) in [6.07, 6.45) is 5.10. The molecule has 38 heavy (non-hydrogen) atoms. The van der Waals surface area contributed by atoms with Crippen molar-refractivity contribution in [3.63, 3.8) is 0 Å². The van der Waals surface area contributed by atoms with Crippen LogP contribution in [-0.4, -0.2) is 56.1 Å². The molecule has 0 heterocycles. The molecule has 8 heteroatoms. The smallest absolute Gasteiger partial charge is 0.246 e. The summed E-state index contributed by atoms with van der Waals surface area (Å²) in [5.41, 5.74) is 4.20. The summed E-state index contributed by atoms with van der Waals surface area (Å²) in [5.74, 6) is -1.81. The highest BCUT2D eigenvalue weighted by Crippen LogP contribution is 2.30. The van der Waals surface area contributed by atoms with Gasteiger partial charge in [0.2, 0.25) is 5.91 Å². The van der Waals surface area contributed by atoms with E-state index in [1.807, 2.05) is 0 Å². The average molecular weight is 533 g/mol. The number of ether oxygens (including phenoxy) is 2. The van der Waals surface area contributed by atoms with Crippen molar-refractivity contribution < 1.29 is 28.2 Å². The van der Waals surface area contributed by atoms with Crippen molar-refractivity contribution in [3.8, 4) is 0 Å². The number of fused-ring (bicyclic) bond motifs is 1. The van der Waals surface area contributed by atoms with Crippen LogP contribution in [-0.2, 0) is 33.5 Å². The standard InChI is InChI=1S/C30H42F2N2O4/c1-3-5-11-37-12-13-38-20-30(36)34-28(17-22-14-24(31)18-25(32)15-22)29(35)19-33-27-8-6-7-23-10-9-21(4-2)16-26(23)27/h9-10,14-16,18,27-29,33,35H,3-8,11-13,17,19-20H2,1-2H3,(H,34,36)/t27-,28-,29-/m0/s1. The Bertz CT molecular complexity index is 999. The summed E-state index contributed by atoms with van der Waals surface area (Å²) in [7, 11) is 0. The number of benzene rings is 2. The first-order chi connectivity index (χ1) is 18.4. The molecule has 0 radical (unpaired) electrons. The number of unbranched alkanes of at least 4 members (excludes halogenated alkanes) is 1. The number of aliphatic hydroxyl groups excluding tert-OH is 1. The van der Waals surface area contributed by atoms with Crippen LogP contribution in [0.25, 0.3) is 0 Å². The fraction of sp³-hybridized carbons (Fsp3) is 0.567. The lowest BCUT2D eigenvalue weighted by atomic mass is 9.86. The summed E-state index contributed by atoms with van der Waals surface area (Å²) >= 11 is 0. The number of aliphatic hydroxyl groups is 1. The second kappa shape index (κ2) is 15.9. The largest absolute Gasteiger partial charge is 0.390 e. The van der Waals surface area contributed by atoms with Crippen LogP contribution in [0.5, 0.6) is 0 Å². The lowest BCUT2D eigenvalue weighted by molar-refractivity contribution is -0.127. The molecule has 0 bridgehead atoms. The predicted molar refractivity (Wildman–Crippen MR) is 144 cm³/mol. The average Bonchev–Trinajstić information content (AvgIpc) is 2.90. The molecule has 3 rings (SSSR count). The molecular weight excluding hydrogens is 490 g/mol. The molecule has 1 amide bonds. The van der Waals surface area contributed by atoms with Crippen molar-refractivity contribution in [2.24, 2.45) is 0 Å². The van der Waals surface area contributed by atoms with Crippen LogP contribution in [0.3, 0.4) is 0 Å². The van der Waals surface area contributed by atoms with Gasteiger partial charge in [0, 0.05) is 25.3 Å². The fourth-order valence-electron chi connectivity index (χ4n) is 4.83. The van der Waals surface area contributed by atoms with E-state index in [2.05, 4.69) is 42.7 Å². The minimum absolute atomic E-state index is 0.0740. The summed E-state index contributed by atoms with van der Waals surface area (Å²) in [4.78, 5) is 12.6. The van der Waals surface area contributed by atoms with Gasteiger partial charge in [-0.25, -0.2) is 8.78 Å². The number of hydrogen-bond donors (Lipinski definition) is 3. The zero-order valence-corrected chi connectivity index (χ0v) is 22.6. The lowest BCUT2D eigenvalue weighted by Gasteiger charge is -2.30. The Balaban J connectivity index is 1.60. The third-order valence-electron chi connectivity index (χ3n) is 6.94. The molecule has 2 aromatic rings. The van der Waals surface area contributed by atoms with Crippen molar-refractivity contribution in [3.05, 3.63) is 70.3 Å². The molecule has 0 spiro atoms. The SMILES string of the molecule is CCCCOCCOCC(=O)N[C@@H](Cc1cc(F)cc(F)c1)[C@@H](O)CN[C@H]1CCCc2ccc(CC)cc21. The van der Waals surface area contributed by atoms with Gasteiger partial charge in [-0.2, -0.15) is 0 Å². The van der Waals surface area contributed by atoms with E-state index in [4.69, 9.17) is 9.47 Å². The molecule has 1 aliphatic carbocycles. The molecule has 3 N–H and O–H groups in total. The van der Waals surface area contributed by atoms with Crippen molar-refractivity contribution in [2.45, 2.75) is 77.0 Å². The van der Waals surface area contributed by atoms with E-state index in [9.17, 15) is 18.7 Å². The Kier molecular flexibility index (Phi) is 12.6. The Morgan fingerprint density at radius 2 is 1.82 bits per heavy atom. The summed E-state index contributed by atoms with van der Waals surface area (Å²) in [6.45, 7) is 5.57. The van der Waals surface area contributed by atoms with E-state index in [1.54, 1.807) is 0 Å². The number of halogens is 2. The van der Waals surface area contributed by atoms with Gasteiger partial charge in [0.25, 0.3) is 0 Å². The number of carbonyl (C=O) groups excluding carboxylic acids is 1. The summed E-state index contributed by atoms with van der Waals surface area (Å²) in [5, 5.41) is 17.4. The van der Waals surface area contributed by atoms with Gasteiger partial charge in [0.05, 0.1) is 25.4 Å². The van der Waals surface area contributed by atoms with E-state index in [0.717, 1.165) is 44.6 Å². The molecule has 3 atom stereocenters. The molecule has 2 aromatic carbocycles. The number of nitrogens with one attached hydrogen (secondary N) is 2. The fourth-order valence-corrected chi connectivity index (χ4v) is 4.83. The van der Waals surface area contributed by atoms with E-state index in [0.29, 0.717) is 18.8 Å². The van der Waals surface area contributed by atoms with Crippen molar-refractivity contribution in [1.29, 1.82) is 0 Å². The molecule has 0 aliphatic heterocycles. The van der Waals surface area contributed by atoms with E-state index in [1.165, 1.54) is 28.8 Å². The third kappa shape index (κ3) is 9.73. The van der Waals surface area contributed by atoms with Crippen molar-refractivity contribution in [2.75, 3.05) is 33.0 Å². The van der Waals surface area contributed by atoms with Gasteiger partial charge in [-0.3, -0.25) is 4.79 Å². The van der Waals surface area contributed by atoms with Gasteiger partial charge in [0.15, 0.2) is 0 Å². The minimum atomic E-state index is -0.984. The normalized spacial score (nSPS) is 16.6. The van der Waals surface area contributed by atoms with Crippen molar-refractivity contribution >= 4 is 5.91 Å². The molecule has 0 fully saturated rings. The van der Waals surface area contributed by atoms with Crippen LogP contribution < -0.4 is 10.6 Å². The second-order valence-electron chi connectivity index (χ2n) is 9.98. The highest BCUT2D eigenvalue weighted by molar-refractivity contribution is 5.77. The van der Waals surface area contributed by atoms with E-state index < -0.39 is 29.7 Å². The number of hydrogen-bond acceptors (Lipinski definition) is 5. The molecule has 0 unspecified atom stereocenters. The molecule has 0 aromatic heterocycles. The molecular formula is C30H42F2N2O4. The monoisotopic (exact) mass is 532 g/mol. The highest BCUT2D eigenvalue weighted by atomic mass is 19.1. The van der Waals surface area contributed by atoms with Gasteiger partial charge in [-0.05, 0) is 72.9 Å². The maximum absolute atomic E-state index is 13.8. The first-order valence-electron chi connectivity index (χ1n) is 13.8. The van der Waals surface area contributed by atoms with Crippen LogP contribution in [0.15, 0.2) is 36.4 Å². The Morgan fingerprint density at radius 3 is 2.55 bits per heavy atom. The second-order valence-corrected chi connectivity index (χ2v) is 9.98. The Morgan fingerprint density at radius 1 is 1.05 bits per heavy atom. The zero-order chi connectivity index (χ0) is 27.3. The zero-order valence-electron chi connectivity index (χ0n) is 22.6. The molecule has 0 saturated heterocycles. The lowest BCUT2D eigenvalue weighted by Crippen LogP contribution is -2.50. The van der Waals surface area contributed by atoms with Crippen LogP contribution in [0.2, 0.25) is 0 Å². The molecule has 0 saturated carbocycles. The quantitative estimate of drug-likeness (QED) is 0.279. The summed E-state index contributed by atoms with van der Waals surface area (Å²) < 4.78 is 38.5. The van der Waals surface area contributed by atoms with Gasteiger partial charge in [0.1, 0.15) is 18.2 Å². The van der Waals surface area contributed by atoms with Crippen LogP contribution >= 0.6 is 0 Å². The van der Waals surface area contributed by atoms with Crippen LogP contribution in [0.1, 0.15) is 67.8 Å². The van der Waals surface area contributed by atoms with Crippen LogP contribution in [0, 0.1) is 11.6 Å². The van der Waals surface area contributed by atoms with Gasteiger partial charge in [-0.1, -0.05) is 38.5 Å². The van der Waals surface area contributed by atoms with Gasteiger partial charge in [-0.15, -0.1) is 0 Å². The maximum atomic E-state index is 13.8. The molecule has 6 nitrogen and oxygen atoms in total.